The minimum Gasteiger partial charge on any atom is -0.394 e. The number of aromatic nitrogens is 4. The Morgan fingerprint density at radius 2 is 2.33 bits per heavy atom. The predicted octanol–water partition coefficient (Wildman–Crippen LogP) is -2.19. The highest BCUT2D eigenvalue weighted by Crippen LogP contribution is 2.32. The molecular formula is C10H13N5O6. The van der Waals surface area contributed by atoms with Crippen molar-refractivity contribution in [3.05, 3.63) is 16.7 Å². The number of hydrogen-bond acceptors (Lipinski definition) is 9. The van der Waals surface area contributed by atoms with Crippen molar-refractivity contribution < 1.29 is 25.1 Å². The number of H-pyrrole nitrogens is 1. The SMILES string of the molecule is Nc1nc2c(ncn2[C@@H]2O[C@H](CO)C(O)C2OO)c(=O)[nH]1. The van der Waals surface area contributed by atoms with Crippen LogP contribution in [0.2, 0.25) is 0 Å². The summed E-state index contributed by atoms with van der Waals surface area (Å²) in [5, 5.41) is 27.9. The van der Waals surface area contributed by atoms with Crippen molar-refractivity contribution in [3.8, 4) is 0 Å². The Kier molecular flexibility index (Phi) is 3.35. The summed E-state index contributed by atoms with van der Waals surface area (Å²) in [6.45, 7) is -0.472. The van der Waals surface area contributed by atoms with Crippen LogP contribution in [0.3, 0.4) is 0 Å². The van der Waals surface area contributed by atoms with Gasteiger partial charge in [-0.2, -0.15) is 4.98 Å². The molecule has 2 aromatic heterocycles. The topological polar surface area (TPSA) is 169 Å². The van der Waals surface area contributed by atoms with E-state index in [0.717, 1.165) is 0 Å². The molecule has 1 aliphatic rings. The van der Waals surface area contributed by atoms with Crippen molar-refractivity contribution in [2.75, 3.05) is 12.3 Å². The predicted molar refractivity (Wildman–Crippen MR) is 67.1 cm³/mol. The second kappa shape index (κ2) is 5.05. The summed E-state index contributed by atoms with van der Waals surface area (Å²) in [7, 11) is 0. The van der Waals surface area contributed by atoms with Gasteiger partial charge in [-0.3, -0.25) is 19.6 Å². The minimum atomic E-state index is -1.26. The van der Waals surface area contributed by atoms with Crippen LogP contribution in [0.4, 0.5) is 5.95 Å². The van der Waals surface area contributed by atoms with Crippen LogP contribution in [0.5, 0.6) is 0 Å². The summed E-state index contributed by atoms with van der Waals surface area (Å²) in [5.41, 5.74) is 5.07. The Morgan fingerprint density at radius 1 is 1.57 bits per heavy atom. The van der Waals surface area contributed by atoms with E-state index < -0.39 is 36.7 Å². The molecule has 21 heavy (non-hydrogen) atoms. The zero-order valence-corrected chi connectivity index (χ0v) is 10.6. The van der Waals surface area contributed by atoms with Crippen LogP contribution < -0.4 is 11.3 Å². The van der Waals surface area contributed by atoms with Crippen molar-refractivity contribution in [2.24, 2.45) is 0 Å². The number of anilines is 1. The summed E-state index contributed by atoms with van der Waals surface area (Å²) in [6, 6.07) is 0. The fraction of sp³-hybridized carbons (Fsp3) is 0.500. The number of fused-ring (bicyclic) bond motifs is 1. The summed E-state index contributed by atoms with van der Waals surface area (Å²) in [6.07, 6.45) is -3.18. The van der Waals surface area contributed by atoms with Gasteiger partial charge in [-0.05, 0) is 0 Å². The van der Waals surface area contributed by atoms with E-state index in [1.807, 2.05) is 0 Å². The molecule has 0 amide bonds. The number of ether oxygens (including phenoxy) is 1. The lowest BCUT2D eigenvalue weighted by molar-refractivity contribution is -0.305. The molecule has 0 saturated carbocycles. The number of nitrogen functional groups attached to an aromatic ring is 1. The van der Waals surface area contributed by atoms with Gasteiger partial charge in [0.2, 0.25) is 5.95 Å². The summed E-state index contributed by atoms with van der Waals surface area (Å²) >= 11 is 0. The maximum absolute atomic E-state index is 11.7. The summed E-state index contributed by atoms with van der Waals surface area (Å²) < 4.78 is 6.70. The monoisotopic (exact) mass is 299 g/mol. The lowest BCUT2D eigenvalue weighted by Gasteiger charge is -2.18. The lowest BCUT2D eigenvalue weighted by Crippen LogP contribution is -2.34. The van der Waals surface area contributed by atoms with E-state index in [9.17, 15) is 9.90 Å². The van der Waals surface area contributed by atoms with Crippen LogP contribution in [0.15, 0.2) is 11.1 Å². The fourth-order valence-electron chi connectivity index (χ4n) is 2.34. The van der Waals surface area contributed by atoms with E-state index >= 15 is 0 Å². The number of aromatic amines is 1. The molecule has 0 bridgehead atoms. The Bertz CT molecular complexity index is 714. The van der Waals surface area contributed by atoms with E-state index in [-0.39, 0.29) is 17.1 Å². The first kappa shape index (κ1) is 13.9. The Balaban J connectivity index is 2.10. The zero-order valence-electron chi connectivity index (χ0n) is 10.6. The van der Waals surface area contributed by atoms with Gasteiger partial charge in [0.15, 0.2) is 23.5 Å². The standard InChI is InChI=1S/C10H13N5O6/c11-10-13-7-4(8(18)14-10)12-2-15(7)9-6(21-19)5(17)3(1-16)20-9/h2-3,5-6,9,16-17,19H,1H2,(H3,11,13,14,18)/t3-,5?,6?,9-/m1/s1. The number of nitrogens with zero attached hydrogens (tertiary/aromatic N) is 3. The van der Waals surface area contributed by atoms with Crippen molar-refractivity contribution in [1.82, 2.24) is 19.5 Å². The molecule has 11 heteroatoms. The molecule has 114 valence electrons. The molecule has 6 N–H and O–H groups in total. The van der Waals surface area contributed by atoms with E-state index in [2.05, 4.69) is 19.8 Å². The highest BCUT2D eigenvalue weighted by Gasteiger charge is 2.46. The smallest absolute Gasteiger partial charge is 0.280 e. The van der Waals surface area contributed by atoms with Gasteiger partial charge in [0.1, 0.15) is 12.2 Å². The van der Waals surface area contributed by atoms with Crippen LogP contribution in [0.25, 0.3) is 11.2 Å². The van der Waals surface area contributed by atoms with Gasteiger partial charge in [-0.25, -0.2) is 9.87 Å². The molecule has 4 atom stereocenters. The van der Waals surface area contributed by atoms with Gasteiger partial charge in [-0.15, -0.1) is 0 Å². The number of aliphatic hydroxyl groups is 2. The third-order valence-corrected chi connectivity index (χ3v) is 3.34. The van der Waals surface area contributed by atoms with Crippen LogP contribution in [0, 0.1) is 0 Å². The van der Waals surface area contributed by atoms with Crippen LogP contribution >= 0.6 is 0 Å². The average molecular weight is 299 g/mol. The van der Waals surface area contributed by atoms with Crippen LogP contribution in [-0.2, 0) is 9.62 Å². The normalized spacial score (nSPS) is 29.3. The number of hydrogen-bond donors (Lipinski definition) is 5. The molecule has 1 fully saturated rings. The lowest BCUT2D eigenvalue weighted by atomic mass is 10.1. The second-order valence-electron chi connectivity index (χ2n) is 4.58. The number of nitrogens with two attached hydrogens (primary N) is 1. The maximum atomic E-state index is 11.7. The van der Waals surface area contributed by atoms with Gasteiger partial charge in [0.25, 0.3) is 5.56 Å². The fourth-order valence-corrected chi connectivity index (χ4v) is 2.34. The average Bonchev–Trinajstić information content (AvgIpc) is 2.99. The highest BCUT2D eigenvalue weighted by atomic mass is 17.1. The first-order chi connectivity index (χ1) is 10.1. The van der Waals surface area contributed by atoms with E-state index in [1.54, 1.807) is 0 Å². The van der Waals surface area contributed by atoms with Crippen LogP contribution in [-0.4, -0.2) is 59.9 Å². The van der Waals surface area contributed by atoms with Gasteiger partial charge < -0.3 is 20.7 Å². The summed E-state index contributed by atoms with van der Waals surface area (Å²) in [5.74, 6) is -0.118. The van der Waals surface area contributed by atoms with Gasteiger partial charge in [0, 0.05) is 0 Å². The van der Waals surface area contributed by atoms with Gasteiger partial charge >= 0.3 is 0 Å². The molecule has 1 saturated heterocycles. The molecule has 0 radical (unpaired) electrons. The zero-order chi connectivity index (χ0) is 15.1. The van der Waals surface area contributed by atoms with E-state index in [4.69, 9.17) is 20.8 Å². The number of imidazole rings is 1. The minimum absolute atomic E-state index is 0.0198. The highest BCUT2D eigenvalue weighted by molar-refractivity contribution is 5.70. The maximum Gasteiger partial charge on any atom is 0.280 e. The van der Waals surface area contributed by atoms with Crippen molar-refractivity contribution in [3.63, 3.8) is 0 Å². The molecule has 3 heterocycles. The Labute approximate surface area is 116 Å². The van der Waals surface area contributed by atoms with Crippen molar-refractivity contribution in [1.29, 1.82) is 0 Å². The van der Waals surface area contributed by atoms with Crippen molar-refractivity contribution in [2.45, 2.75) is 24.5 Å². The molecule has 0 aromatic carbocycles. The number of rotatable bonds is 3. The van der Waals surface area contributed by atoms with Crippen molar-refractivity contribution >= 4 is 17.1 Å². The molecule has 1 aliphatic heterocycles. The largest absolute Gasteiger partial charge is 0.394 e. The third-order valence-electron chi connectivity index (χ3n) is 3.34. The molecule has 3 rings (SSSR count). The Morgan fingerprint density at radius 3 is 3.00 bits per heavy atom. The molecular weight excluding hydrogens is 286 g/mol. The second-order valence-corrected chi connectivity index (χ2v) is 4.58. The summed E-state index contributed by atoms with van der Waals surface area (Å²) in [4.78, 5) is 26.1. The van der Waals surface area contributed by atoms with Gasteiger partial charge in [-0.1, -0.05) is 0 Å². The molecule has 0 spiro atoms. The van der Waals surface area contributed by atoms with E-state index in [0.29, 0.717) is 0 Å². The van der Waals surface area contributed by atoms with Crippen LogP contribution in [0.1, 0.15) is 6.23 Å². The Hall–Kier alpha value is -2.05. The number of nitrogens with one attached hydrogen (secondary N) is 1. The van der Waals surface area contributed by atoms with Gasteiger partial charge in [0.05, 0.1) is 12.9 Å². The first-order valence-corrected chi connectivity index (χ1v) is 6.03. The van der Waals surface area contributed by atoms with E-state index in [1.165, 1.54) is 10.9 Å². The molecule has 2 aromatic rings. The third kappa shape index (κ3) is 2.07. The first-order valence-electron chi connectivity index (χ1n) is 6.03. The molecule has 11 nitrogen and oxygen atoms in total. The number of aliphatic hydroxyl groups excluding tert-OH is 2. The molecule has 2 unspecified atom stereocenters. The quantitative estimate of drug-likeness (QED) is 0.312. The molecule has 0 aliphatic carbocycles.